The fraction of sp³-hybridized carbons (Fsp3) is 0.357. The number of esters is 1. The van der Waals surface area contributed by atoms with Gasteiger partial charge in [-0.25, -0.2) is 9.78 Å². The number of nitrogens with zero attached hydrogens (tertiary/aromatic N) is 3. The highest BCUT2D eigenvalue weighted by atomic mass is 16.5. The van der Waals surface area contributed by atoms with E-state index in [0.29, 0.717) is 18.2 Å². The first-order chi connectivity index (χ1) is 9.79. The third kappa shape index (κ3) is 2.24. The van der Waals surface area contributed by atoms with Gasteiger partial charge in [0.1, 0.15) is 0 Å². The van der Waals surface area contributed by atoms with Crippen molar-refractivity contribution in [3.05, 3.63) is 42.0 Å². The third-order valence-corrected chi connectivity index (χ3v) is 3.28. The molecule has 104 valence electrons. The molecule has 6 nitrogen and oxygen atoms in total. The van der Waals surface area contributed by atoms with Crippen molar-refractivity contribution >= 4 is 11.9 Å². The lowest BCUT2D eigenvalue weighted by atomic mass is 10.1. The zero-order chi connectivity index (χ0) is 13.9. The molecule has 0 bridgehead atoms. The van der Waals surface area contributed by atoms with Gasteiger partial charge < -0.3 is 14.6 Å². The highest BCUT2D eigenvalue weighted by Crippen LogP contribution is 2.28. The van der Waals surface area contributed by atoms with Crippen LogP contribution in [0.2, 0.25) is 0 Å². The molecule has 3 heterocycles. The van der Waals surface area contributed by atoms with Crippen molar-refractivity contribution < 1.29 is 9.53 Å². The molecule has 2 aromatic heterocycles. The molecule has 1 aliphatic heterocycles. The van der Waals surface area contributed by atoms with Gasteiger partial charge in [0.15, 0.2) is 5.69 Å². The predicted molar refractivity (Wildman–Crippen MR) is 73.7 cm³/mol. The van der Waals surface area contributed by atoms with Crippen LogP contribution in [0.5, 0.6) is 0 Å². The molecule has 2 aromatic rings. The Bertz CT molecular complexity index is 609. The van der Waals surface area contributed by atoms with Crippen LogP contribution in [-0.4, -0.2) is 33.7 Å². The Labute approximate surface area is 116 Å². The van der Waals surface area contributed by atoms with Crippen LogP contribution < -0.4 is 5.32 Å². The average Bonchev–Trinajstić information content (AvgIpc) is 2.92. The SMILES string of the molecule is CCOC(=O)c1cn2c(n1)NCCC2c1ccccn1. The lowest BCUT2D eigenvalue weighted by Crippen LogP contribution is -2.23. The van der Waals surface area contributed by atoms with Crippen LogP contribution in [0.1, 0.15) is 35.6 Å². The summed E-state index contributed by atoms with van der Waals surface area (Å²) in [6.07, 6.45) is 4.42. The summed E-state index contributed by atoms with van der Waals surface area (Å²) in [6.45, 7) is 2.93. The Morgan fingerprint density at radius 1 is 1.55 bits per heavy atom. The first-order valence-electron chi connectivity index (χ1n) is 6.70. The summed E-state index contributed by atoms with van der Waals surface area (Å²) in [5, 5.41) is 3.20. The van der Waals surface area contributed by atoms with E-state index < -0.39 is 5.97 Å². The molecule has 0 aromatic carbocycles. The second kappa shape index (κ2) is 5.32. The highest BCUT2D eigenvalue weighted by molar-refractivity contribution is 5.87. The molecule has 0 saturated carbocycles. The molecule has 1 atom stereocenters. The quantitative estimate of drug-likeness (QED) is 0.864. The number of carbonyl (C=O) groups is 1. The molecule has 1 aliphatic rings. The van der Waals surface area contributed by atoms with E-state index in [0.717, 1.165) is 18.7 Å². The summed E-state index contributed by atoms with van der Waals surface area (Å²) in [5.41, 5.74) is 1.31. The first-order valence-corrected chi connectivity index (χ1v) is 6.70. The molecule has 0 fully saturated rings. The van der Waals surface area contributed by atoms with E-state index in [1.165, 1.54) is 0 Å². The van der Waals surface area contributed by atoms with Crippen LogP contribution in [-0.2, 0) is 4.74 Å². The number of nitrogens with one attached hydrogen (secondary N) is 1. The highest BCUT2D eigenvalue weighted by Gasteiger charge is 2.25. The molecule has 0 saturated heterocycles. The smallest absolute Gasteiger partial charge is 0.358 e. The van der Waals surface area contributed by atoms with Crippen LogP contribution in [0, 0.1) is 0 Å². The first kappa shape index (κ1) is 12.7. The minimum atomic E-state index is -0.393. The molecule has 20 heavy (non-hydrogen) atoms. The van der Waals surface area contributed by atoms with E-state index in [1.54, 1.807) is 19.3 Å². The largest absolute Gasteiger partial charge is 0.461 e. The number of fused-ring (bicyclic) bond motifs is 1. The van der Waals surface area contributed by atoms with E-state index in [-0.39, 0.29) is 6.04 Å². The van der Waals surface area contributed by atoms with Crippen LogP contribution in [0.25, 0.3) is 0 Å². The number of hydrogen-bond donors (Lipinski definition) is 1. The number of rotatable bonds is 3. The number of pyridine rings is 1. The second-order valence-corrected chi connectivity index (χ2v) is 4.56. The van der Waals surface area contributed by atoms with Crippen molar-refractivity contribution in [2.45, 2.75) is 19.4 Å². The van der Waals surface area contributed by atoms with E-state index in [4.69, 9.17) is 4.74 Å². The zero-order valence-corrected chi connectivity index (χ0v) is 11.2. The molecular weight excluding hydrogens is 256 g/mol. The standard InChI is InChI=1S/C14H16N4O2/c1-2-20-13(19)11-9-18-12(6-8-16-14(18)17-11)10-5-3-4-7-15-10/h3-5,7,9,12H,2,6,8H2,1H3,(H,16,17). The summed E-state index contributed by atoms with van der Waals surface area (Å²) >= 11 is 0. The zero-order valence-electron chi connectivity index (χ0n) is 11.2. The van der Waals surface area contributed by atoms with Crippen LogP contribution >= 0.6 is 0 Å². The van der Waals surface area contributed by atoms with Gasteiger partial charge >= 0.3 is 5.97 Å². The lowest BCUT2D eigenvalue weighted by molar-refractivity contribution is 0.0520. The molecule has 0 aliphatic carbocycles. The van der Waals surface area contributed by atoms with Crippen molar-refractivity contribution in [2.24, 2.45) is 0 Å². The Kier molecular flexibility index (Phi) is 3.37. The molecule has 1 unspecified atom stereocenters. The van der Waals surface area contributed by atoms with Gasteiger partial charge in [-0.3, -0.25) is 4.98 Å². The van der Waals surface area contributed by atoms with E-state index >= 15 is 0 Å². The number of ether oxygens (including phenoxy) is 1. The van der Waals surface area contributed by atoms with Gasteiger partial charge in [0, 0.05) is 18.9 Å². The number of anilines is 1. The maximum absolute atomic E-state index is 11.8. The van der Waals surface area contributed by atoms with Crippen molar-refractivity contribution in [2.75, 3.05) is 18.5 Å². The maximum atomic E-state index is 11.8. The molecule has 6 heteroatoms. The van der Waals surface area contributed by atoms with Gasteiger partial charge in [0.2, 0.25) is 5.95 Å². The van der Waals surface area contributed by atoms with Gasteiger partial charge in [0.25, 0.3) is 0 Å². The Hall–Kier alpha value is -2.37. The van der Waals surface area contributed by atoms with Crippen LogP contribution in [0.3, 0.4) is 0 Å². The fourth-order valence-electron chi connectivity index (χ4n) is 2.39. The molecular formula is C14H16N4O2. The van der Waals surface area contributed by atoms with Crippen molar-refractivity contribution in [3.63, 3.8) is 0 Å². The number of hydrogen-bond acceptors (Lipinski definition) is 5. The maximum Gasteiger partial charge on any atom is 0.358 e. The molecule has 0 spiro atoms. The van der Waals surface area contributed by atoms with Crippen LogP contribution in [0.4, 0.5) is 5.95 Å². The second-order valence-electron chi connectivity index (χ2n) is 4.56. The average molecular weight is 272 g/mol. The summed E-state index contributed by atoms with van der Waals surface area (Å²) < 4.78 is 6.94. The molecule has 1 N–H and O–H groups in total. The molecule has 0 amide bonds. The number of carbonyl (C=O) groups excluding carboxylic acids is 1. The van der Waals surface area contributed by atoms with Crippen molar-refractivity contribution in [1.29, 1.82) is 0 Å². The topological polar surface area (TPSA) is 69.0 Å². The van der Waals surface area contributed by atoms with Crippen LogP contribution in [0.15, 0.2) is 30.6 Å². The van der Waals surface area contributed by atoms with Crippen molar-refractivity contribution in [3.8, 4) is 0 Å². The number of imidazole rings is 1. The molecule has 3 rings (SSSR count). The Balaban J connectivity index is 1.95. The molecule has 0 radical (unpaired) electrons. The minimum absolute atomic E-state index is 0.100. The Morgan fingerprint density at radius 2 is 2.45 bits per heavy atom. The predicted octanol–water partition coefficient (Wildman–Crippen LogP) is 1.86. The third-order valence-electron chi connectivity index (χ3n) is 3.28. The van der Waals surface area contributed by atoms with Gasteiger partial charge in [-0.1, -0.05) is 6.07 Å². The fourth-order valence-corrected chi connectivity index (χ4v) is 2.39. The summed E-state index contributed by atoms with van der Waals surface area (Å²) in [6, 6.07) is 5.95. The monoisotopic (exact) mass is 272 g/mol. The van der Waals surface area contributed by atoms with E-state index in [1.807, 2.05) is 22.8 Å². The Morgan fingerprint density at radius 3 is 3.20 bits per heavy atom. The normalized spacial score (nSPS) is 17.1. The minimum Gasteiger partial charge on any atom is -0.461 e. The lowest BCUT2D eigenvalue weighted by Gasteiger charge is -2.25. The summed E-state index contributed by atoms with van der Waals surface area (Å²) in [7, 11) is 0. The summed E-state index contributed by atoms with van der Waals surface area (Å²) in [5.74, 6) is 0.297. The van der Waals surface area contributed by atoms with Crippen molar-refractivity contribution in [1.82, 2.24) is 14.5 Å². The van der Waals surface area contributed by atoms with Gasteiger partial charge in [-0.15, -0.1) is 0 Å². The number of aromatic nitrogens is 3. The van der Waals surface area contributed by atoms with E-state index in [2.05, 4.69) is 15.3 Å². The van der Waals surface area contributed by atoms with Gasteiger partial charge in [-0.2, -0.15) is 0 Å². The summed E-state index contributed by atoms with van der Waals surface area (Å²) in [4.78, 5) is 20.5. The van der Waals surface area contributed by atoms with E-state index in [9.17, 15) is 4.79 Å². The van der Waals surface area contributed by atoms with Gasteiger partial charge in [-0.05, 0) is 25.5 Å². The van der Waals surface area contributed by atoms with Gasteiger partial charge in [0.05, 0.1) is 18.3 Å².